The summed E-state index contributed by atoms with van der Waals surface area (Å²) in [4.78, 5) is 0. The summed E-state index contributed by atoms with van der Waals surface area (Å²) in [5.41, 5.74) is 2.03. The van der Waals surface area contributed by atoms with Gasteiger partial charge in [-0.3, -0.25) is 0 Å². The van der Waals surface area contributed by atoms with Crippen molar-refractivity contribution in [3.63, 3.8) is 0 Å². The van der Waals surface area contributed by atoms with E-state index < -0.39 is 6.61 Å². The number of fused-ring (bicyclic) bond motifs is 1. The highest BCUT2D eigenvalue weighted by molar-refractivity contribution is 5.46. The Morgan fingerprint density at radius 2 is 1.92 bits per heavy atom. The van der Waals surface area contributed by atoms with E-state index >= 15 is 0 Å². The molecular formula is C18H21F2N5O. The van der Waals surface area contributed by atoms with Gasteiger partial charge in [0.1, 0.15) is 11.6 Å². The molecule has 0 spiro atoms. The largest absolute Gasteiger partial charge is 0.434 e. The Morgan fingerprint density at radius 1 is 1.15 bits per heavy atom. The summed E-state index contributed by atoms with van der Waals surface area (Å²) in [6, 6.07) is 8.68. The number of benzene rings is 1. The molecule has 0 aliphatic heterocycles. The number of halogens is 2. The molecule has 1 aromatic carbocycles. The van der Waals surface area contributed by atoms with E-state index in [1.54, 1.807) is 22.7 Å². The van der Waals surface area contributed by atoms with Gasteiger partial charge in [0, 0.05) is 17.5 Å². The molecule has 0 unspecified atom stereocenters. The highest BCUT2D eigenvalue weighted by Gasteiger charge is 2.21. The monoisotopic (exact) mass is 361 g/mol. The van der Waals surface area contributed by atoms with Gasteiger partial charge in [-0.15, -0.1) is 15.3 Å². The van der Waals surface area contributed by atoms with Crippen molar-refractivity contribution in [3.05, 3.63) is 47.3 Å². The smallest absolute Gasteiger partial charge is 0.387 e. The zero-order valence-electron chi connectivity index (χ0n) is 15.1. The summed E-state index contributed by atoms with van der Waals surface area (Å²) in [7, 11) is 0. The molecular weight excluding hydrogens is 340 g/mol. The number of nitrogens with one attached hydrogen (secondary N) is 1. The van der Waals surface area contributed by atoms with Crippen LogP contribution >= 0.6 is 0 Å². The molecule has 0 aliphatic rings. The number of anilines is 1. The second-order valence-corrected chi connectivity index (χ2v) is 7.11. The van der Waals surface area contributed by atoms with E-state index in [-0.39, 0.29) is 11.2 Å². The van der Waals surface area contributed by atoms with E-state index in [1.165, 1.54) is 0 Å². The molecule has 0 aliphatic carbocycles. The zero-order valence-corrected chi connectivity index (χ0v) is 15.1. The first-order chi connectivity index (χ1) is 12.2. The molecule has 0 radical (unpaired) electrons. The summed E-state index contributed by atoms with van der Waals surface area (Å²) in [6.07, 6.45) is 0. The number of alkyl halides is 2. The van der Waals surface area contributed by atoms with Gasteiger partial charge >= 0.3 is 6.61 Å². The van der Waals surface area contributed by atoms with Crippen LogP contribution in [0.5, 0.6) is 5.75 Å². The Morgan fingerprint density at radius 3 is 2.62 bits per heavy atom. The van der Waals surface area contributed by atoms with Crippen molar-refractivity contribution < 1.29 is 13.5 Å². The van der Waals surface area contributed by atoms with Crippen molar-refractivity contribution >= 4 is 11.5 Å². The average Bonchev–Trinajstić information content (AvgIpc) is 2.98. The maximum Gasteiger partial charge on any atom is 0.387 e. The van der Waals surface area contributed by atoms with E-state index in [4.69, 9.17) is 0 Å². The van der Waals surface area contributed by atoms with Crippen LogP contribution in [0.1, 0.15) is 37.7 Å². The summed E-state index contributed by atoms with van der Waals surface area (Å²) in [5.74, 6) is 1.49. The first kappa shape index (κ1) is 18.0. The third kappa shape index (κ3) is 3.89. The predicted octanol–water partition coefficient (Wildman–Crippen LogP) is 3.94. The number of ether oxygens (including phenoxy) is 1. The Hall–Kier alpha value is -2.77. The topological polar surface area (TPSA) is 64.3 Å². The van der Waals surface area contributed by atoms with Crippen LogP contribution in [-0.4, -0.2) is 26.4 Å². The van der Waals surface area contributed by atoms with Gasteiger partial charge in [0.05, 0.1) is 0 Å². The maximum absolute atomic E-state index is 12.6. The molecule has 3 rings (SSSR count). The molecule has 8 heteroatoms. The summed E-state index contributed by atoms with van der Waals surface area (Å²) < 4.78 is 31.5. The average molecular weight is 361 g/mol. The van der Waals surface area contributed by atoms with Crippen molar-refractivity contribution in [1.82, 2.24) is 19.8 Å². The number of nitrogens with zero attached hydrogens (tertiary/aromatic N) is 4. The molecule has 2 heterocycles. The summed E-state index contributed by atoms with van der Waals surface area (Å²) in [5, 5.41) is 16.0. The molecule has 0 saturated carbocycles. The lowest BCUT2D eigenvalue weighted by Gasteiger charge is -2.15. The summed E-state index contributed by atoms with van der Waals surface area (Å²) >= 11 is 0. The lowest BCUT2D eigenvalue weighted by Crippen LogP contribution is -2.17. The van der Waals surface area contributed by atoms with Crippen LogP contribution in [0.2, 0.25) is 0 Å². The lowest BCUT2D eigenvalue weighted by atomic mass is 9.96. The van der Waals surface area contributed by atoms with Crippen molar-refractivity contribution in [2.45, 2.75) is 46.3 Å². The molecule has 26 heavy (non-hydrogen) atoms. The second kappa shape index (κ2) is 6.86. The fraction of sp³-hybridized carbons (Fsp3) is 0.389. The Balaban J connectivity index is 1.85. The predicted molar refractivity (Wildman–Crippen MR) is 94.6 cm³/mol. The van der Waals surface area contributed by atoms with Gasteiger partial charge in [-0.2, -0.15) is 13.3 Å². The van der Waals surface area contributed by atoms with E-state index in [0.717, 1.165) is 11.4 Å². The van der Waals surface area contributed by atoms with Gasteiger partial charge in [0.25, 0.3) is 0 Å². The minimum atomic E-state index is -2.86. The van der Waals surface area contributed by atoms with Crippen LogP contribution in [0, 0.1) is 6.92 Å². The van der Waals surface area contributed by atoms with Crippen molar-refractivity contribution in [1.29, 1.82) is 0 Å². The van der Waals surface area contributed by atoms with Crippen LogP contribution in [0.15, 0.2) is 30.3 Å². The van der Waals surface area contributed by atoms with Gasteiger partial charge in [-0.05, 0) is 25.1 Å². The van der Waals surface area contributed by atoms with Crippen LogP contribution in [0.3, 0.4) is 0 Å². The van der Waals surface area contributed by atoms with Crippen molar-refractivity contribution in [2.75, 3.05) is 5.32 Å². The molecule has 0 fully saturated rings. The minimum Gasteiger partial charge on any atom is -0.434 e. The Kier molecular flexibility index (Phi) is 4.76. The fourth-order valence-corrected chi connectivity index (χ4v) is 2.59. The highest BCUT2D eigenvalue weighted by Crippen LogP contribution is 2.24. The standard InChI is InChI=1S/C18H21F2N5O/c1-11-5-6-13(26-17(19)20)12(9-11)10-21-14-7-8-15-22-23-16(18(2,3)4)25(15)24-14/h5-9,17H,10H2,1-4H3,(H,21,24). The molecule has 0 atom stereocenters. The second-order valence-electron chi connectivity index (χ2n) is 7.11. The maximum atomic E-state index is 12.6. The third-order valence-corrected chi connectivity index (χ3v) is 3.83. The highest BCUT2D eigenvalue weighted by atomic mass is 19.3. The molecule has 138 valence electrons. The molecule has 6 nitrogen and oxygen atoms in total. The van der Waals surface area contributed by atoms with Crippen molar-refractivity contribution in [2.24, 2.45) is 0 Å². The van der Waals surface area contributed by atoms with Gasteiger partial charge < -0.3 is 10.1 Å². The normalized spacial score (nSPS) is 12.0. The summed E-state index contributed by atoms with van der Waals surface area (Å²) in [6.45, 7) is 5.43. The van der Waals surface area contributed by atoms with Crippen LogP contribution in [-0.2, 0) is 12.0 Å². The van der Waals surface area contributed by atoms with Crippen molar-refractivity contribution in [3.8, 4) is 5.75 Å². The van der Waals surface area contributed by atoms with Crippen LogP contribution in [0.25, 0.3) is 5.65 Å². The molecule has 0 bridgehead atoms. The first-order valence-electron chi connectivity index (χ1n) is 8.25. The van der Waals surface area contributed by atoms with E-state index in [0.29, 0.717) is 23.6 Å². The van der Waals surface area contributed by atoms with E-state index in [1.807, 2.05) is 39.8 Å². The number of hydrogen-bond acceptors (Lipinski definition) is 5. The minimum absolute atomic E-state index is 0.152. The van der Waals surface area contributed by atoms with E-state index in [9.17, 15) is 8.78 Å². The van der Waals surface area contributed by atoms with E-state index in [2.05, 4.69) is 25.3 Å². The lowest BCUT2D eigenvalue weighted by molar-refractivity contribution is -0.0504. The fourth-order valence-electron chi connectivity index (χ4n) is 2.59. The van der Waals surface area contributed by atoms with Gasteiger partial charge in [-0.25, -0.2) is 0 Å². The third-order valence-electron chi connectivity index (χ3n) is 3.83. The first-order valence-corrected chi connectivity index (χ1v) is 8.25. The number of aryl methyl sites for hydroxylation is 1. The molecule has 1 N–H and O–H groups in total. The van der Waals surface area contributed by atoms with Gasteiger partial charge in [0.2, 0.25) is 0 Å². The Bertz CT molecular complexity index is 918. The number of aromatic nitrogens is 4. The van der Waals surface area contributed by atoms with Crippen LogP contribution < -0.4 is 10.1 Å². The number of rotatable bonds is 5. The molecule has 0 amide bonds. The van der Waals surface area contributed by atoms with Gasteiger partial charge in [-0.1, -0.05) is 38.5 Å². The Labute approximate surface area is 150 Å². The molecule has 3 aromatic rings. The zero-order chi connectivity index (χ0) is 18.9. The van der Waals surface area contributed by atoms with Crippen LogP contribution in [0.4, 0.5) is 14.6 Å². The SMILES string of the molecule is Cc1ccc(OC(F)F)c(CNc2ccc3nnc(C(C)(C)C)n3n2)c1. The molecule has 2 aromatic heterocycles. The van der Waals surface area contributed by atoms with Gasteiger partial charge in [0.15, 0.2) is 11.5 Å². The molecule has 0 saturated heterocycles. The quantitative estimate of drug-likeness (QED) is 0.746. The number of hydrogen-bond donors (Lipinski definition) is 1.